The molecule has 0 saturated heterocycles. The van der Waals surface area contributed by atoms with Gasteiger partial charge in [0.15, 0.2) is 4.80 Å². The molecule has 0 unspecified atom stereocenters. The summed E-state index contributed by atoms with van der Waals surface area (Å²) in [5.41, 5.74) is 3.43. The molecule has 0 aliphatic carbocycles. The van der Waals surface area contributed by atoms with Crippen LogP contribution >= 0.6 is 11.3 Å². The van der Waals surface area contributed by atoms with Gasteiger partial charge in [-0.05, 0) is 74.2 Å². The van der Waals surface area contributed by atoms with E-state index in [1.165, 1.54) is 42.6 Å². The van der Waals surface area contributed by atoms with E-state index in [1.54, 1.807) is 25.5 Å². The zero-order chi connectivity index (χ0) is 33.2. The van der Waals surface area contributed by atoms with E-state index in [9.17, 15) is 9.59 Å². The van der Waals surface area contributed by atoms with E-state index in [0.717, 1.165) is 23.3 Å². The summed E-state index contributed by atoms with van der Waals surface area (Å²) in [5, 5.41) is 0. The van der Waals surface area contributed by atoms with E-state index in [1.807, 2.05) is 66.7 Å². The van der Waals surface area contributed by atoms with Crippen molar-refractivity contribution in [3.63, 3.8) is 0 Å². The summed E-state index contributed by atoms with van der Waals surface area (Å²) >= 11 is 1.27. The normalized spacial score (nSPS) is 14.4. The van der Waals surface area contributed by atoms with Crippen molar-refractivity contribution in [2.45, 2.75) is 58.9 Å². The number of carbonyl (C=O) groups excluding carboxylic acids is 1. The summed E-state index contributed by atoms with van der Waals surface area (Å²) in [7, 11) is 1.59. The third-order valence-corrected chi connectivity index (χ3v) is 8.99. The molecule has 246 valence electrons. The minimum atomic E-state index is -0.697. The van der Waals surface area contributed by atoms with Gasteiger partial charge in [-0.1, -0.05) is 80.0 Å². The van der Waals surface area contributed by atoms with E-state index < -0.39 is 12.0 Å². The highest BCUT2D eigenvalue weighted by molar-refractivity contribution is 7.07. The Morgan fingerprint density at radius 3 is 2.36 bits per heavy atom. The van der Waals surface area contributed by atoms with E-state index in [4.69, 9.17) is 18.9 Å². The number of esters is 1. The Labute approximate surface area is 279 Å². The van der Waals surface area contributed by atoms with Gasteiger partial charge in [0.1, 0.15) is 30.5 Å². The fourth-order valence-corrected chi connectivity index (χ4v) is 6.62. The number of allylic oxidation sites excluding steroid dienone is 1. The predicted octanol–water partition coefficient (Wildman–Crippen LogP) is 6.39. The molecule has 0 saturated carbocycles. The first kappa shape index (κ1) is 33.7. The second-order valence-corrected chi connectivity index (χ2v) is 12.3. The molecule has 9 heteroatoms. The van der Waals surface area contributed by atoms with Crippen molar-refractivity contribution in [2.75, 3.05) is 26.9 Å². The highest BCUT2D eigenvalue weighted by Gasteiger charge is 2.33. The largest absolute Gasteiger partial charge is 0.497 e. The third kappa shape index (κ3) is 8.21. The van der Waals surface area contributed by atoms with Crippen LogP contribution in [0.1, 0.15) is 69.2 Å². The van der Waals surface area contributed by atoms with Gasteiger partial charge in [-0.3, -0.25) is 9.36 Å². The number of aryl methyl sites for hydroxylation is 1. The Bertz CT molecular complexity index is 1870. The molecule has 4 aromatic rings. The van der Waals surface area contributed by atoms with Crippen molar-refractivity contribution in [2.24, 2.45) is 4.99 Å². The molecule has 1 aliphatic rings. The molecule has 8 nitrogen and oxygen atoms in total. The molecule has 0 fully saturated rings. The molecule has 0 amide bonds. The second-order valence-electron chi connectivity index (χ2n) is 11.3. The van der Waals surface area contributed by atoms with E-state index in [0.29, 0.717) is 45.3 Å². The minimum Gasteiger partial charge on any atom is -0.497 e. The molecular formula is C38H42N2O6S. The molecule has 47 heavy (non-hydrogen) atoms. The van der Waals surface area contributed by atoms with Gasteiger partial charge < -0.3 is 18.9 Å². The summed E-state index contributed by atoms with van der Waals surface area (Å²) < 4.78 is 24.8. The van der Waals surface area contributed by atoms with Crippen LogP contribution in [0.3, 0.4) is 0 Å². The fraction of sp³-hybridized carbons (Fsp3) is 0.342. The molecule has 0 radical (unpaired) electrons. The van der Waals surface area contributed by atoms with Gasteiger partial charge in [0, 0.05) is 5.56 Å². The Balaban J connectivity index is 1.35. The van der Waals surface area contributed by atoms with Crippen LogP contribution in [-0.4, -0.2) is 37.5 Å². The lowest BCUT2D eigenvalue weighted by Crippen LogP contribution is -2.39. The highest BCUT2D eigenvalue weighted by atomic mass is 32.1. The van der Waals surface area contributed by atoms with Crippen LogP contribution < -0.4 is 29.1 Å². The number of fused-ring (bicyclic) bond motifs is 1. The number of methoxy groups -OCH3 is 1. The summed E-state index contributed by atoms with van der Waals surface area (Å²) in [5.74, 6) is 1.62. The number of aromatic nitrogens is 1. The SMILES string of the molecule is CCCCCCc1ccc(OCCOc2ccccc2/C=c2/sc3n(c2=O)[C@@H](c2ccc(OC)cc2)C(C(=O)OCC)=C(C)N=3)cc1. The van der Waals surface area contributed by atoms with Gasteiger partial charge in [-0.25, -0.2) is 9.79 Å². The summed E-state index contributed by atoms with van der Waals surface area (Å²) in [6.07, 6.45) is 7.90. The van der Waals surface area contributed by atoms with Crippen LogP contribution in [0.2, 0.25) is 0 Å². The Kier molecular flexibility index (Phi) is 11.7. The first-order chi connectivity index (χ1) is 22.9. The number of benzene rings is 3. The number of carbonyl (C=O) groups is 1. The molecule has 1 atom stereocenters. The Hall–Kier alpha value is -4.63. The molecule has 2 heterocycles. The van der Waals surface area contributed by atoms with Gasteiger partial charge in [-0.15, -0.1) is 0 Å². The molecule has 3 aromatic carbocycles. The van der Waals surface area contributed by atoms with Crippen molar-refractivity contribution in [3.05, 3.63) is 120 Å². The molecule has 0 spiro atoms. The van der Waals surface area contributed by atoms with Crippen LogP contribution in [0, 0.1) is 0 Å². The van der Waals surface area contributed by atoms with Crippen LogP contribution in [0.25, 0.3) is 6.08 Å². The first-order valence-electron chi connectivity index (χ1n) is 16.2. The zero-order valence-corrected chi connectivity index (χ0v) is 28.3. The highest BCUT2D eigenvalue weighted by Crippen LogP contribution is 2.31. The van der Waals surface area contributed by atoms with E-state index in [2.05, 4.69) is 24.0 Å². The Morgan fingerprint density at radius 2 is 1.64 bits per heavy atom. The summed E-state index contributed by atoms with van der Waals surface area (Å²) in [6.45, 7) is 6.68. The average Bonchev–Trinajstić information content (AvgIpc) is 3.39. The van der Waals surface area contributed by atoms with Gasteiger partial charge in [0.2, 0.25) is 0 Å². The molecule has 1 aromatic heterocycles. The number of thiazole rings is 1. The third-order valence-electron chi connectivity index (χ3n) is 8.01. The Morgan fingerprint density at radius 1 is 0.915 bits per heavy atom. The number of para-hydroxylation sites is 1. The smallest absolute Gasteiger partial charge is 0.338 e. The summed E-state index contributed by atoms with van der Waals surface area (Å²) in [4.78, 5) is 32.4. The van der Waals surface area contributed by atoms with Crippen molar-refractivity contribution in [3.8, 4) is 17.2 Å². The molecule has 0 bridgehead atoms. The van der Waals surface area contributed by atoms with Crippen molar-refractivity contribution >= 4 is 23.4 Å². The van der Waals surface area contributed by atoms with Crippen LogP contribution in [-0.2, 0) is 16.0 Å². The van der Waals surface area contributed by atoms with Crippen LogP contribution in [0.15, 0.2) is 93.9 Å². The van der Waals surface area contributed by atoms with E-state index >= 15 is 0 Å². The minimum absolute atomic E-state index is 0.211. The lowest BCUT2D eigenvalue weighted by molar-refractivity contribution is -0.139. The number of nitrogens with zero attached hydrogens (tertiary/aromatic N) is 2. The lowest BCUT2D eigenvalue weighted by atomic mass is 9.96. The van der Waals surface area contributed by atoms with Crippen molar-refractivity contribution in [1.82, 2.24) is 4.57 Å². The maximum Gasteiger partial charge on any atom is 0.338 e. The lowest BCUT2D eigenvalue weighted by Gasteiger charge is -2.24. The topological polar surface area (TPSA) is 88.3 Å². The van der Waals surface area contributed by atoms with Gasteiger partial charge in [0.05, 0.1) is 35.6 Å². The first-order valence-corrected chi connectivity index (χ1v) is 17.0. The maximum atomic E-state index is 14.0. The molecular weight excluding hydrogens is 612 g/mol. The molecule has 5 rings (SSSR count). The van der Waals surface area contributed by atoms with Crippen molar-refractivity contribution < 1.29 is 23.7 Å². The summed E-state index contributed by atoms with van der Waals surface area (Å²) in [6, 6.07) is 22.5. The number of rotatable bonds is 15. The number of unbranched alkanes of at least 4 members (excludes halogenated alkanes) is 3. The predicted molar refractivity (Wildman–Crippen MR) is 185 cm³/mol. The number of hydrogen-bond acceptors (Lipinski definition) is 8. The number of hydrogen-bond donors (Lipinski definition) is 0. The fourth-order valence-electron chi connectivity index (χ4n) is 5.58. The van der Waals surface area contributed by atoms with Gasteiger partial charge in [0.25, 0.3) is 5.56 Å². The molecule has 1 aliphatic heterocycles. The zero-order valence-electron chi connectivity index (χ0n) is 27.5. The monoisotopic (exact) mass is 654 g/mol. The standard InChI is InChI=1S/C38H42N2O6S/c1-5-7-8-9-12-27-15-19-31(20-16-27)45-23-24-46-32-14-11-10-13-29(32)25-33-36(41)40-35(28-17-21-30(43-4)22-18-28)34(37(42)44-6-2)26(3)39-38(40)47-33/h10-11,13-22,25,35H,5-9,12,23-24H2,1-4H3/b33-25+/t35-/m0/s1. The number of ether oxygens (including phenoxy) is 4. The average molecular weight is 655 g/mol. The second kappa shape index (κ2) is 16.3. The van der Waals surface area contributed by atoms with Crippen LogP contribution in [0.5, 0.6) is 17.2 Å². The quantitative estimate of drug-likeness (QED) is 0.109. The van der Waals surface area contributed by atoms with Crippen LogP contribution in [0.4, 0.5) is 0 Å². The van der Waals surface area contributed by atoms with E-state index in [-0.39, 0.29) is 12.2 Å². The van der Waals surface area contributed by atoms with Gasteiger partial charge in [-0.2, -0.15) is 0 Å². The van der Waals surface area contributed by atoms with Gasteiger partial charge >= 0.3 is 5.97 Å². The van der Waals surface area contributed by atoms with Crippen molar-refractivity contribution in [1.29, 1.82) is 0 Å². The molecule has 0 N–H and O–H groups in total. The maximum absolute atomic E-state index is 14.0.